The Morgan fingerprint density at radius 3 is 2.42 bits per heavy atom. The summed E-state index contributed by atoms with van der Waals surface area (Å²) in [6.07, 6.45) is 2.06. The minimum Gasteiger partial charge on any atom is -0.328 e. The molecule has 2 rings (SSSR count). The van der Waals surface area contributed by atoms with Crippen LogP contribution in [-0.4, -0.2) is 6.04 Å². The first-order chi connectivity index (χ1) is 9.06. The van der Waals surface area contributed by atoms with Crippen LogP contribution in [0.5, 0.6) is 0 Å². The molecule has 0 saturated heterocycles. The summed E-state index contributed by atoms with van der Waals surface area (Å²) in [4.78, 5) is 0. The van der Waals surface area contributed by atoms with E-state index in [4.69, 9.17) is 17.3 Å². The average Bonchev–Trinajstić information content (AvgIpc) is 2.40. The molecule has 2 heteroatoms. The molecule has 1 atom stereocenters. The first kappa shape index (κ1) is 14.1. The van der Waals surface area contributed by atoms with Crippen LogP contribution in [-0.2, 0) is 6.42 Å². The Hall–Kier alpha value is -1.31. The van der Waals surface area contributed by atoms with Gasteiger partial charge in [0.2, 0.25) is 0 Å². The maximum atomic E-state index is 6.07. The van der Waals surface area contributed by atoms with Crippen molar-refractivity contribution in [1.29, 1.82) is 0 Å². The summed E-state index contributed by atoms with van der Waals surface area (Å²) in [5, 5.41) is 0.779. The van der Waals surface area contributed by atoms with Gasteiger partial charge in [-0.05, 0) is 61.1 Å². The Kier molecular flexibility index (Phi) is 4.62. The van der Waals surface area contributed by atoms with E-state index >= 15 is 0 Å². The second-order valence-electron chi connectivity index (χ2n) is 5.17. The Morgan fingerprint density at radius 2 is 1.79 bits per heavy atom. The fourth-order valence-corrected chi connectivity index (χ4v) is 2.32. The van der Waals surface area contributed by atoms with Crippen LogP contribution in [0, 0.1) is 6.92 Å². The van der Waals surface area contributed by atoms with Crippen molar-refractivity contribution in [2.24, 2.45) is 5.73 Å². The highest BCUT2D eigenvalue weighted by atomic mass is 35.5. The van der Waals surface area contributed by atoms with Gasteiger partial charge in [-0.2, -0.15) is 0 Å². The van der Waals surface area contributed by atoms with Crippen molar-refractivity contribution < 1.29 is 0 Å². The lowest BCUT2D eigenvalue weighted by Gasteiger charge is -2.09. The van der Waals surface area contributed by atoms with Crippen molar-refractivity contribution in [3.63, 3.8) is 0 Å². The van der Waals surface area contributed by atoms with Gasteiger partial charge in [0.05, 0.1) is 0 Å². The Labute approximate surface area is 120 Å². The molecule has 0 heterocycles. The quantitative estimate of drug-likeness (QED) is 0.866. The minimum atomic E-state index is 0.259. The molecule has 0 bridgehead atoms. The zero-order valence-corrected chi connectivity index (χ0v) is 12.2. The van der Waals surface area contributed by atoms with Gasteiger partial charge in [-0.25, -0.2) is 0 Å². The Bertz CT molecular complexity index is 544. The van der Waals surface area contributed by atoms with Gasteiger partial charge in [0.15, 0.2) is 0 Å². The first-order valence-electron chi connectivity index (χ1n) is 6.67. The molecule has 0 amide bonds. The van der Waals surface area contributed by atoms with E-state index in [0.29, 0.717) is 0 Å². The van der Waals surface area contributed by atoms with Crippen molar-refractivity contribution in [2.75, 3.05) is 0 Å². The molecule has 19 heavy (non-hydrogen) atoms. The van der Waals surface area contributed by atoms with E-state index in [9.17, 15) is 0 Å². The van der Waals surface area contributed by atoms with Gasteiger partial charge in [-0.1, -0.05) is 41.9 Å². The summed E-state index contributed by atoms with van der Waals surface area (Å²) in [6, 6.07) is 14.9. The molecule has 0 radical (unpaired) electrons. The van der Waals surface area contributed by atoms with Crippen LogP contribution in [0.2, 0.25) is 5.02 Å². The van der Waals surface area contributed by atoms with Crippen molar-refractivity contribution in [1.82, 2.24) is 0 Å². The number of benzene rings is 2. The van der Waals surface area contributed by atoms with E-state index in [0.717, 1.165) is 17.9 Å². The van der Waals surface area contributed by atoms with Gasteiger partial charge in [-0.3, -0.25) is 0 Å². The van der Waals surface area contributed by atoms with Crippen LogP contribution >= 0.6 is 11.6 Å². The van der Waals surface area contributed by atoms with E-state index in [2.05, 4.69) is 37.3 Å². The monoisotopic (exact) mass is 273 g/mol. The molecule has 0 saturated carbocycles. The first-order valence-corrected chi connectivity index (χ1v) is 7.05. The molecule has 2 aromatic rings. The average molecular weight is 274 g/mol. The standard InChI is InChI=1S/C17H20ClN/c1-12-3-10-16(18)11-17(12)15-8-6-14(7-9-15)5-4-13(2)19/h3,6-11,13H,4-5,19H2,1-2H3. The predicted molar refractivity (Wildman–Crippen MR) is 83.6 cm³/mol. The van der Waals surface area contributed by atoms with Crippen molar-refractivity contribution in [3.05, 3.63) is 58.6 Å². The van der Waals surface area contributed by atoms with E-state index in [1.54, 1.807) is 0 Å². The number of rotatable bonds is 4. The molecule has 2 aromatic carbocycles. The van der Waals surface area contributed by atoms with E-state index in [1.807, 2.05) is 19.1 Å². The molecule has 0 aliphatic carbocycles. The SMILES string of the molecule is Cc1ccc(Cl)cc1-c1ccc(CCC(C)N)cc1. The maximum Gasteiger partial charge on any atom is 0.0412 e. The van der Waals surface area contributed by atoms with Crippen LogP contribution in [0.1, 0.15) is 24.5 Å². The highest BCUT2D eigenvalue weighted by molar-refractivity contribution is 6.30. The zero-order valence-electron chi connectivity index (χ0n) is 11.5. The number of aryl methyl sites for hydroxylation is 2. The maximum absolute atomic E-state index is 6.07. The van der Waals surface area contributed by atoms with Gasteiger partial charge in [0.25, 0.3) is 0 Å². The molecule has 0 spiro atoms. The van der Waals surface area contributed by atoms with Crippen molar-refractivity contribution >= 4 is 11.6 Å². The van der Waals surface area contributed by atoms with Gasteiger partial charge in [-0.15, -0.1) is 0 Å². The largest absolute Gasteiger partial charge is 0.328 e. The highest BCUT2D eigenvalue weighted by Crippen LogP contribution is 2.27. The summed E-state index contributed by atoms with van der Waals surface area (Å²) in [7, 11) is 0. The minimum absolute atomic E-state index is 0.259. The summed E-state index contributed by atoms with van der Waals surface area (Å²) in [6.45, 7) is 4.15. The Balaban J connectivity index is 2.20. The summed E-state index contributed by atoms with van der Waals surface area (Å²) < 4.78 is 0. The third kappa shape index (κ3) is 3.82. The topological polar surface area (TPSA) is 26.0 Å². The molecule has 1 nitrogen and oxygen atoms in total. The normalized spacial score (nSPS) is 12.4. The number of hydrogen-bond donors (Lipinski definition) is 1. The van der Waals surface area contributed by atoms with Crippen LogP contribution in [0.3, 0.4) is 0 Å². The Morgan fingerprint density at radius 1 is 1.11 bits per heavy atom. The van der Waals surface area contributed by atoms with Crippen molar-refractivity contribution in [3.8, 4) is 11.1 Å². The molecule has 1 unspecified atom stereocenters. The molecule has 0 aromatic heterocycles. The van der Waals surface area contributed by atoms with E-state index in [1.165, 1.54) is 22.3 Å². The molecule has 0 aliphatic rings. The van der Waals surface area contributed by atoms with Gasteiger partial charge in [0.1, 0.15) is 0 Å². The highest BCUT2D eigenvalue weighted by Gasteiger charge is 2.03. The smallest absolute Gasteiger partial charge is 0.0412 e. The van der Waals surface area contributed by atoms with Crippen molar-refractivity contribution in [2.45, 2.75) is 32.7 Å². The fourth-order valence-electron chi connectivity index (χ4n) is 2.15. The zero-order chi connectivity index (χ0) is 13.8. The second-order valence-corrected chi connectivity index (χ2v) is 5.61. The molecule has 0 aliphatic heterocycles. The summed E-state index contributed by atoms with van der Waals surface area (Å²) in [5.41, 5.74) is 10.8. The van der Waals surface area contributed by atoms with Gasteiger partial charge < -0.3 is 5.73 Å². The molecular formula is C17H20ClN. The van der Waals surface area contributed by atoms with E-state index in [-0.39, 0.29) is 6.04 Å². The van der Waals surface area contributed by atoms with Crippen LogP contribution < -0.4 is 5.73 Å². The lowest BCUT2D eigenvalue weighted by Crippen LogP contribution is -2.15. The molecule has 0 fully saturated rings. The van der Waals surface area contributed by atoms with Crippen LogP contribution in [0.15, 0.2) is 42.5 Å². The van der Waals surface area contributed by atoms with Crippen LogP contribution in [0.25, 0.3) is 11.1 Å². The predicted octanol–water partition coefficient (Wildman–Crippen LogP) is 4.60. The number of nitrogens with two attached hydrogens (primary N) is 1. The summed E-state index contributed by atoms with van der Waals surface area (Å²) in [5.74, 6) is 0. The molecule has 2 N–H and O–H groups in total. The lowest BCUT2D eigenvalue weighted by molar-refractivity contribution is 0.666. The van der Waals surface area contributed by atoms with Gasteiger partial charge in [0, 0.05) is 11.1 Å². The molecule has 100 valence electrons. The van der Waals surface area contributed by atoms with Gasteiger partial charge >= 0.3 is 0 Å². The molecular weight excluding hydrogens is 254 g/mol. The summed E-state index contributed by atoms with van der Waals surface area (Å²) >= 11 is 6.07. The van der Waals surface area contributed by atoms with E-state index < -0.39 is 0 Å². The van der Waals surface area contributed by atoms with Crippen LogP contribution in [0.4, 0.5) is 0 Å². The lowest BCUT2D eigenvalue weighted by atomic mass is 9.98. The number of halogens is 1. The third-order valence-electron chi connectivity index (χ3n) is 3.35. The second kappa shape index (κ2) is 6.23. The fraction of sp³-hybridized carbons (Fsp3) is 0.294. The third-order valence-corrected chi connectivity index (χ3v) is 3.59. The number of hydrogen-bond acceptors (Lipinski definition) is 1.